The van der Waals surface area contributed by atoms with Gasteiger partial charge in [-0.3, -0.25) is 9.59 Å². The Bertz CT molecular complexity index is 2620. The lowest BCUT2D eigenvalue weighted by Crippen LogP contribution is -2.45. The Balaban J connectivity index is 1.44. The van der Waals surface area contributed by atoms with E-state index in [1.165, 1.54) is 44.0 Å². The number of oxazole rings is 1. The number of nitrogens with zero attached hydrogens (tertiary/aromatic N) is 4. The van der Waals surface area contributed by atoms with E-state index in [4.69, 9.17) is 45.4 Å². The molecule has 2 aromatic heterocycles. The molecule has 0 radical (unpaired) electrons. The lowest BCUT2D eigenvalue weighted by atomic mass is 9.97. The summed E-state index contributed by atoms with van der Waals surface area (Å²) in [5.41, 5.74) is 6.77. The van der Waals surface area contributed by atoms with Crippen molar-refractivity contribution in [3.63, 3.8) is 0 Å². The SMILES string of the molecule is C[C@H](NC(=O)CCNC(=O)OC(C)(C)C)C(=O)OC[C@H](COc1ccc(-c2c(C#N)c(N)nc(SCc3coc(-c4ccc(Cl)cc4)n3)c2C#N)cc1)OC(=O)[C@H](C)NC(=O)CCNC(=O)OC(C)(C)C. The number of nitrogens with one attached hydrogen (secondary N) is 4. The molecule has 0 spiro atoms. The van der Waals surface area contributed by atoms with Crippen molar-refractivity contribution in [3.8, 4) is 40.5 Å². The third-order valence-electron chi connectivity index (χ3n) is 9.19. The van der Waals surface area contributed by atoms with E-state index in [2.05, 4.69) is 37.3 Å². The first-order chi connectivity index (χ1) is 33.4. The third-order valence-corrected chi connectivity index (χ3v) is 10.5. The quantitative estimate of drug-likeness (QED) is 0.0345. The Labute approximate surface area is 419 Å². The van der Waals surface area contributed by atoms with Crippen molar-refractivity contribution in [1.29, 1.82) is 10.5 Å². The summed E-state index contributed by atoms with van der Waals surface area (Å²) >= 11 is 7.18. The number of amides is 4. The zero-order valence-corrected chi connectivity index (χ0v) is 42.0. The zero-order valence-electron chi connectivity index (χ0n) is 40.4. The van der Waals surface area contributed by atoms with Crippen LogP contribution in [0, 0.1) is 22.7 Å². The molecule has 3 atom stereocenters. The normalized spacial score (nSPS) is 12.4. The zero-order chi connectivity index (χ0) is 52.5. The van der Waals surface area contributed by atoms with Crippen LogP contribution in [0.3, 0.4) is 0 Å². The van der Waals surface area contributed by atoms with Gasteiger partial charge in [-0.05, 0) is 97.4 Å². The van der Waals surface area contributed by atoms with Gasteiger partial charge in [0.1, 0.15) is 77.1 Å². The van der Waals surface area contributed by atoms with Crippen molar-refractivity contribution in [2.24, 2.45) is 0 Å². The van der Waals surface area contributed by atoms with Gasteiger partial charge in [-0.25, -0.2) is 29.1 Å². The van der Waals surface area contributed by atoms with Gasteiger partial charge in [0.05, 0.1) is 11.3 Å². The highest BCUT2D eigenvalue weighted by Crippen LogP contribution is 2.37. The van der Waals surface area contributed by atoms with E-state index in [0.717, 1.165) is 5.56 Å². The maximum absolute atomic E-state index is 13.3. The minimum atomic E-state index is -1.26. The lowest BCUT2D eigenvalue weighted by Gasteiger charge is -2.22. The van der Waals surface area contributed by atoms with E-state index in [1.807, 2.05) is 6.07 Å². The predicted molar refractivity (Wildman–Crippen MR) is 259 cm³/mol. The van der Waals surface area contributed by atoms with Gasteiger partial charge >= 0.3 is 24.1 Å². The Morgan fingerprint density at radius 3 is 1.83 bits per heavy atom. The number of anilines is 1. The smallest absolute Gasteiger partial charge is 0.407 e. The summed E-state index contributed by atoms with van der Waals surface area (Å²) < 4.78 is 32.9. The number of pyridine rings is 1. The molecule has 378 valence electrons. The molecule has 0 aliphatic carbocycles. The molecule has 0 aliphatic heterocycles. The molecule has 0 aliphatic rings. The van der Waals surface area contributed by atoms with Crippen molar-refractivity contribution in [2.75, 3.05) is 32.0 Å². The number of nitriles is 2. The van der Waals surface area contributed by atoms with Crippen LogP contribution in [0.2, 0.25) is 5.02 Å². The number of nitrogens with two attached hydrogens (primary N) is 1. The number of ether oxygens (including phenoxy) is 5. The van der Waals surface area contributed by atoms with Crippen molar-refractivity contribution in [3.05, 3.63) is 76.6 Å². The maximum Gasteiger partial charge on any atom is 0.407 e. The van der Waals surface area contributed by atoms with Gasteiger partial charge in [-0.1, -0.05) is 35.5 Å². The van der Waals surface area contributed by atoms with Crippen LogP contribution in [-0.2, 0) is 43.9 Å². The van der Waals surface area contributed by atoms with Crippen LogP contribution < -0.4 is 31.7 Å². The molecule has 23 heteroatoms. The summed E-state index contributed by atoms with van der Waals surface area (Å²) in [6.07, 6.45) is -1.57. The molecule has 0 unspecified atom stereocenters. The Kier molecular flexibility index (Phi) is 20.4. The summed E-state index contributed by atoms with van der Waals surface area (Å²) in [4.78, 5) is 84.2. The monoisotopic (exact) mass is 1020 g/mol. The summed E-state index contributed by atoms with van der Waals surface area (Å²) in [5, 5.41) is 31.2. The lowest BCUT2D eigenvalue weighted by molar-refractivity contribution is -0.163. The molecule has 21 nitrogen and oxygen atoms in total. The summed E-state index contributed by atoms with van der Waals surface area (Å²) in [7, 11) is 0. The molecule has 0 saturated carbocycles. The van der Waals surface area contributed by atoms with E-state index < -0.39 is 71.9 Å². The summed E-state index contributed by atoms with van der Waals surface area (Å²) in [6.45, 7) is 11.8. The molecule has 4 aromatic rings. The second-order valence-electron chi connectivity index (χ2n) is 17.6. The molecule has 2 heterocycles. The minimum Gasteiger partial charge on any atom is -0.490 e. The number of hydrogen-bond acceptors (Lipinski definition) is 18. The summed E-state index contributed by atoms with van der Waals surface area (Å²) in [5.74, 6) is -2.21. The summed E-state index contributed by atoms with van der Waals surface area (Å²) in [6, 6.07) is 15.0. The number of carbonyl (C=O) groups excluding carboxylic acids is 6. The van der Waals surface area contributed by atoms with Crippen LogP contribution >= 0.6 is 23.4 Å². The Morgan fingerprint density at radius 1 is 0.761 bits per heavy atom. The Hall–Kier alpha value is -7.56. The molecular weight excluding hydrogens is 962 g/mol. The maximum atomic E-state index is 13.3. The number of thioether (sulfide) groups is 1. The second kappa shape index (κ2) is 25.9. The molecule has 71 heavy (non-hydrogen) atoms. The van der Waals surface area contributed by atoms with E-state index >= 15 is 0 Å². The second-order valence-corrected chi connectivity index (χ2v) is 19.0. The number of hydrogen-bond donors (Lipinski definition) is 5. The van der Waals surface area contributed by atoms with Crippen LogP contribution in [0.1, 0.15) is 85.1 Å². The fraction of sp³-hybridized carbons (Fsp3) is 0.417. The van der Waals surface area contributed by atoms with E-state index in [1.54, 1.807) is 77.9 Å². The third kappa shape index (κ3) is 18.7. The van der Waals surface area contributed by atoms with Gasteiger partial charge in [-0.15, -0.1) is 0 Å². The number of rotatable bonds is 21. The molecule has 4 rings (SSSR count). The minimum absolute atomic E-state index is 0.0248. The van der Waals surface area contributed by atoms with Crippen molar-refractivity contribution >= 4 is 65.1 Å². The number of aromatic nitrogens is 2. The first kappa shape index (κ1) is 56.0. The van der Waals surface area contributed by atoms with Gasteiger partial charge in [0, 0.05) is 47.8 Å². The fourth-order valence-electron chi connectivity index (χ4n) is 5.95. The average molecular weight is 1020 g/mol. The van der Waals surface area contributed by atoms with Crippen LogP contribution in [0.4, 0.5) is 15.4 Å². The molecule has 4 amide bonds. The number of nitrogen functional groups attached to an aromatic ring is 1. The molecule has 0 saturated heterocycles. The van der Waals surface area contributed by atoms with Crippen molar-refractivity contribution < 1.29 is 56.9 Å². The van der Waals surface area contributed by atoms with Gasteiger partial charge < -0.3 is 55.1 Å². The van der Waals surface area contributed by atoms with Crippen molar-refractivity contribution in [2.45, 2.75) is 108 Å². The van der Waals surface area contributed by atoms with Gasteiger partial charge in [0.15, 0.2) is 6.10 Å². The number of benzene rings is 2. The molecule has 6 N–H and O–H groups in total. The van der Waals surface area contributed by atoms with Crippen LogP contribution in [0.15, 0.2) is 64.2 Å². The fourth-order valence-corrected chi connectivity index (χ4v) is 6.95. The van der Waals surface area contributed by atoms with Crippen LogP contribution in [0.25, 0.3) is 22.6 Å². The number of alkyl carbamates (subject to hydrolysis) is 2. The molecular formula is C48H56ClN9O12S. The topological polar surface area (TPSA) is 309 Å². The number of esters is 2. The largest absolute Gasteiger partial charge is 0.490 e. The van der Waals surface area contributed by atoms with Crippen LogP contribution in [0.5, 0.6) is 5.75 Å². The average Bonchev–Trinajstić information content (AvgIpc) is 3.77. The highest BCUT2D eigenvalue weighted by atomic mass is 35.5. The van der Waals surface area contributed by atoms with Crippen molar-refractivity contribution in [1.82, 2.24) is 31.2 Å². The van der Waals surface area contributed by atoms with E-state index in [-0.39, 0.29) is 71.6 Å². The van der Waals surface area contributed by atoms with Gasteiger partial charge in [-0.2, -0.15) is 10.5 Å². The first-order valence-electron chi connectivity index (χ1n) is 22.0. The molecule has 0 fully saturated rings. The number of halogens is 1. The highest BCUT2D eigenvalue weighted by Gasteiger charge is 2.27. The Morgan fingerprint density at radius 2 is 1.30 bits per heavy atom. The molecule has 2 aromatic carbocycles. The highest BCUT2D eigenvalue weighted by molar-refractivity contribution is 7.98. The van der Waals surface area contributed by atoms with Gasteiger partial charge in [0.25, 0.3) is 0 Å². The van der Waals surface area contributed by atoms with E-state index in [9.17, 15) is 39.3 Å². The van der Waals surface area contributed by atoms with E-state index in [0.29, 0.717) is 22.2 Å². The number of carbonyl (C=O) groups is 6. The van der Waals surface area contributed by atoms with Gasteiger partial charge in [0.2, 0.25) is 17.7 Å². The standard InChI is InChI=1S/C48H56ClN9O12S/c1-27(55-37(59)17-19-53-45(63)69-47(3,4)5)43(61)67-25-34(68-44(62)28(2)56-38(60)18-20-54-46(64)70-48(6,7)8)24-65-33-15-11-29(12-16-33)39-35(21-50)40(52)58-42(36(39)22-51)71-26-32-23-66-41(57-32)30-9-13-31(49)14-10-30/h9-16,23,27-28,34H,17-20,24-26H2,1-8H3,(H2,52,58)(H,53,63)(H,54,64)(H,55,59)(H,56,60)/t27-,28-,34-/m0/s1. The first-order valence-corrected chi connectivity index (χ1v) is 23.4. The predicted octanol–water partition coefficient (Wildman–Crippen LogP) is 6.35. The van der Waals surface area contributed by atoms with Crippen LogP contribution in [-0.4, -0.2) is 102 Å². The molecule has 0 bridgehead atoms.